The lowest BCUT2D eigenvalue weighted by Crippen LogP contribution is -2.63. The molecule has 30 heavy (non-hydrogen) atoms. The van der Waals surface area contributed by atoms with E-state index in [2.05, 4.69) is 61.5 Å². The fraction of sp³-hybridized carbons (Fsp3) is 0.933. The van der Waals surface area contributed by atoms with Crippen LogP contribution in [-0.4, -0.2) is 0 Å². The van der Waals surface area contributed by atoms with E-state index in [9.17, 15) is 0 Å². The van der Waals surface area contributed by atoms with Crippen molar-refractivity contribution in [1.82, 2.24) is 0 Å². The van der Waals surface area contributed by atoms with Gasteiger partial charge in [-0.3, -0.25) is 0 Å². The molecule has 5 rings (SSSR count). The molecule has 4 fully saturated rings. The molecule has 0 nitrogen and oxygen atoms in total. The van der Waals surface area contributed by atoms with Gasteiger partial charge in [-0.15, -0.1) is 0 Å². The Hall–Kier alpha value is -0.260. The second-order valence-electron chi connectivity index (χ2n) is 14.6. The summed E-state index contributed by atoms with van der Waals surface area (Å²) in [5.74, 6) is 4.40. The first kappa shape index (κ1) is 21.6. The van der Waals surface area contributed by atoms with Gasteiger partial charge in [-0.2, -0.15) is 0 Å². The summed E-state index contributed by atoms with van der Waals surface area (Å²) in [6, 6.07) is 0. The Morgan fingerprint density at radius 2 is 1.50 bits per heavy atom. The van der Waals surface area contributed by atoms with Crippen LogP contribution in [0, 0.1) is 56.7 Å². The number of fused-ring (bicyclic) bond motifs is 7. The van der Waals surface area contributed by atoms with E-state index >= 15 is 0 Å². The van der Waals surface area contributed by atoms with Gasteiger partial charge < -0.3 is 0 Å². The van der Waals surface area contributed by atoms with Gasteiger partial charge in [0.1, 0.15) is 0 Å². The molecule has 0 aromatic heterocycles. The first-order chi connectivity index (χ1) is 13.9. The fourth-order valence-electron chi connectivity index (χ4n) is 11.0. The van der Waals surface area contributed by atoms with Gasteiger partial charge in [0, 0.05) is 0 Å². The summed E-state index contributed by atoms with van der Waals surface area (Å²) in [5, 5.41) is 0. The molecule has 0 radical (unpaired) electrons. The first-order valence-electron chi connectivity index (χ1n) is 13.6. The Labute approximate surface area is 188 Å². The van der Waals surface area contributed by atoms with Crippen LogP contribution < -0.4 is 0 Å². The van der Waals surface area contributed by atoms with Crippen molar-refractivity contribution in [2.24, 2.45) is 56.7 Å². The third-order valence-corrected chi connectivity index (χ3v) is 13.1. The zero-order chi connectivity index (χ0) is 21.7. The van der Waals surface area contributed by atoms with E-state index in [1.165, 1.54) is 64.2 Å². The molecule has 0 heterocycles. The van der Waals surface area contributed by atoms with Crippen LogP contribution in [0.2, 0.25) is 0 Å². The van der Waals surface area contributed by atoms with Crippen LogP contribution >= 0.6 is 0 Å². The van der Waals surface area contributed by atoms with Crippen molar-refractivity contribution in [2.75, 3.05) is 0 Å². The molecule has 0 saturated heterocycles. The summed E-state index contributed by atoms with van der Waals surface area (Å²) in [6.45, 7) is 21.3. The van der Waals surface area contributed by atoms with Crippen LogP contribution in [-0.2, 0) is 0 Å². The molecule has 0 spiro atoms. The zero-order valence-electron chi connectivity index (χ0n) is 21.5. The number of rotatable bonds is 0. The molecule has 4 saturated carbocycles. The lowest BCUT2D eigenvalue weighted by Gasteiger charge is -2.71. The van der Waals surface area contributed by atoms with E-state index in [1.807, 2.05) is 5.57 Å². The summed E-state index contributed by atoms with van der Waals surface area (Å²) >= 11 is 0. The van der Waals surface area contributed by atoms with Gasteiger partial charge >= 0.3 is 0 Å². The highest BCUT2D eigenvalue weighted by Crippen LogP contribution is 2.75. The molecule has 0 aromatic rings. The van der Waals surface area contributed by atoms with Crippen LogP contribution in [0.25, 0.3) is 0 Å². The predicted octanol–water partition coefficient (Wildman–Crippen LogP) is 9.05. The molecule has 0 N–H and O–H groups in total. The van der Waals surface area contributed by atoms with Gasteiger partial charge in [0.25, 0.3) is 0 Å². The van der Waals surface area contributed by atoms with Crippen molar-refractivity contribution in [3.63, 3.8) is 0 Å². The van der Waals surface area contributed by atoms with Gasteiger partial charge in [0.2, 0.25) is 0 Å². The summed E-state index contributed by atoms with van der Waals surface area (Å²) in [7, 11) is 0. The minimum absolute atomic E-state index is 0.432. The number of hydrogen-bond acceptors (Lipinski definition) is 0. The van der Waals surface area contributed by atoms with E-state index in [1.54, 1.807) is 0 Å². The van der Waals surface area contributed by atoms with Crippen LogP contribution in [0.3, 0.4) is 0 Å². The Kier molecular flexibility index (Phi) is 4.61. The minimum atomic E-state index is 0.432. The molecule has 0 aliphatic heterocycles. The lowest BCUT2D eigenvalue weighted by atomic mass is 9.33. The molecule has 1 unspecified atom stereocenters. The lowest BCUT2D eigenvalue weighted by molar-refractivity contribution is -0.180. The predicted molar refractivity (Wildman–Crippen MR) is 129 cm³/mol. The van der Waals surface area contributed by atoms with Gasteiger partial charge in [-0.05, 0) is 114 Å². The van der Waals surface area contributed by atoms with Crippen molar-refractivity contribution >= 4 is 0 Å². The first-order valence-corrected chi connectivity index (χ1v) is 13.6. The molecule has 170 valence electrons. The fourth-order valence-corrected chi connectivity index (χ4v) is 11.0. The SMILES string of the molecule is C[C@H]1[C@H](C)CC[C@]2(C)CC[C@]3(C)C(=CC[C@@H]4[C@@]5(C)CCCC(C)(C)C5CC[C@]43C)[C@H]12. The maximum atomic E-state index is 2.86. The maximum absolute atomic E-state index is 2.86. The highest BCUT2D eigenvalue weighted by atomic mass is 14.7. The minimum Gasteiger partial charge on any atom is -0.0841 e. The molecule has 9 atom stereocenters. The van der Waals surface area contributed by atoms with Crippen molar-refractivity contribution in [3.05, 3.63) is 11.6 Å². The summed E-state index contributed by atoms with van der Waals surface area (Å²) in [5.41, 5.74) is 4.52. The van der Waals surface area contributed by atoms with Crippen molar-refractivity contribution < 1.29 is 0 Å². The van der Waals surface area contributed by atoms with Crippen molar-refractivity contribution in [2.45, 2.75) is 120 Å². The van der Waals surface area contributed by atoms with Gasteiger partial charge in [-0.25, -0.2) is 0 Å². The van der Waals surface area contributed by atoms with Crippen molar-refractivity contribution in [1.29, 1.82) is 0 Å². The number of hydrogen-bond donors (Lipinski definition) is 0. The third kappa shape index (κ3) is 2.52. The summed E-state index contributed by atoms with van der Waals surface area (Å²) < 4.78 is 0. The highest BCUT2D eigenvalue weighted by Gasteiger charge is 2.67. The van der Waals surface area contributed by atoms with Gasteiger partial charge in [0.05, 0.1) is 0 Å². The van der Waals surface area contributed by atoms with E-state index in [4.69, 9.17) is 0 Å². The summed E-state index contributed by atoms with van der Waals surface area (Å²) in [4.78, 5) is 0. The van der Waals surface area contributed by atoms with E-state index in [0.717, 1.165) is 29.6 Å². The van der Waals surface area contributed by atoms with E-state index in [-0.39, 0.29) is 0 Å². The second-order valence-corrected chi connectivity index (χ2v) is 14.6. The van der Waals surface area contributed by atoms with Crippen molar-refractivity contribution in [3.8, 4) is 0 Å². The average molecular weight is 411 g/mol. The molecule has 5 aliphatic rings. The topological polar surface area (TPSA) is 0 Å². The molecule has 0 bridgehead atoms. The summed E-state index contributed by atoms with van der Waals surface area (Å²) in [6.07, 6.45) is 17.4. The smallest absolute Gasteiger partial charge is 0.00564 e. The third-order valence-electron chi connectivity index (χ3n) is 13.1. The van der Waals surface area contributed by atoms with Crippen LogP contribution in [0.5, 0.6) is 0 Å². The molecule has 0 amide bonds. The Morgan fingerprint density at radius 3 is 2.23 bits per heavy atom. The largest absolute Gasteiger partial charge is 0.0841 e. The van der Waals surface area contributed by atoms with E-state index in [0.29, 0.717) is 27.1 Å². The maximum Gasteiger partial charge on any atom is -0.00564 e. The molecule has 0 heteroatoms. The van der Waals surface area contributed by atoms with Crippen LogP contribution in [0.4, 0.5) is 0 Å². The normalized spacial score (nSPS) is 57.3. The molecule has 0 aromatic carbocycles. The van der Waals surface area contributed by atoms with Gasteiger partial charge in [0.15, 0.2) is 0 Å². The Balaban J connectivity index is 1.59. The Morgan fingerprint density at radius 1 is 0.767 bits per heavy atom. The van der Waals surface area contributed by atoms with E-state index < -0.39 is 0 Å². The van der Waals surface area contributed by atoms with Crippen LogP contribution in [0.15, 0.2) is 11.6 Å². The standard InChI is InChI=1S/C30H50/c1-20-12-16-27(5)18-19-29(7)22(25(27)21(20)2)10-11-24-28(6)15-9-14-26(3,4)23(28)13-17-30(24,29)8/h10,20-21,23-25H,9,11-19H2,1-8H3/t20-,21+,23?,24-,25+,27-,28+,29-,30-/m1/s1. The quantitative estimate of drug-likeness (QED) is 0.349. The zero-order valence-corrected chi connectivity index (χ0v) is 21.5. The number of allylic oxidation sites excluding steroid dienone is 2. The highest BCUT2D eigenvalue weighted by molar-refractivity contribution is 5.33. The second kappa shape index (κ2) is 6.41. The molecular weight excluding hydrogens is 360 g/mol. The van der Waals surface area contributed by atoms with Crippen LogP contribution in [0.1, 0.15) is 120 Å². The molecule has 5 aliphatic carbocycles. The van der Waals surface area contributed by atoms with Gasteiger partial charge in [-0.1, -0.05) is 73.5 Å². The molecular formula is C30H50. The monoisotopic (exact) mass is 410 g/mol. The average Bonchev–Trinajstić information content (AvgIpc) is 2.65. The Bertz CT molecular complexity index is 743.